The Morgan fingerprint density at radius 2 is 1.29 bits per heavy atom. The van der Waals surface area contributed by atoms with Crippen molar-refractivity contribution >= 4 is 0 Å². The van der Waals surface area contributed by atoms with E-state index < -0.39 is 0 Å². The van der Waals surface area contributed by atoms with Crippen molar-refractivity contribution in [1.29, 1.82) is 0 Å². The number of nitrogens with zero attached hydrogens (tertiary/aromatic N) is 2. The Kier molecular flexibility index (Phi) is 18.9. The summed E-state index contributed by atoms with van der Waals surface area (Å²) in [5, 5.41) is 3.50. The van der Waals surface area contributed by atoms with Gasteiger partial charge in [0.25, 0.3) is 0 Å². The minimum absolute atomic E-state index is 0.231. The normalized spacial score (nSPS) is 30.4. The molecule has 4 unspecified atom stereocenters. The van der Waals surface area contributed by atoms with Gasteiger partial charge in [-0.2, -0.15) is 38.8 Å². The van der Waals surface area contributed by atoms with Crippen LogP contribution in [-0.4, -0.2) is 19.6 Å². The van der Waals surface area contributed by atoms with Crippen molar-refractivity contribution in [3.63, 3.8) is 0 Å². The maximum Gasteiger partial charge on any atom is -0.162 e. The van der Waals surface area contributed by atoms with E-state index in [0.717, 1.165) is 41.9 Å². The Morgan fingerprint density at radius 1 is 0.893 bits per heavy atom. The molecule has 0 aromatic heterocycles. The number of hydrogen-bond donors (Lipinski definition) is 0. The largest absolute Gasteiger partial charge is 0.668 e. The van der Waals surface area contributed by atoms with E-state index in [9.17, 15) is 0 Å². The van der Waals surface area contributed by atoms with E-state index in [0.29, 0.717) is 0 Å². The molecule has 4 atom stereocenters. The summed E-state index contributed by atoms with van der Waals surface area (Å²) < 4.78 is 4.19. The monoisotopic (exact) mass is 472 g/mol. The molecule has 169 valence electrons. The minimum atomic E-state index is 0.231. The van der Waals surface area contributed by atoms with Crippen molar-refractivity contribution in [2.45, 2.75) is 100.0 Å². The quantitative estimate of drug-likeness (QED) is 0.285. The van der Waals surface area contributed by atoms with Crippen molar-refractivity contribution in [2.75, 3.05) is 14.1 Å². The molecular formula is C25H51N2Nb-3. The third-order valence-corrected chi connectivity index (χ3v) is 8.12. The molecule has 2 nitrogen and oxygen atoms in total. The molecule has 0 amide bonds. The second-order valence-electron chi connectivity index (χ2n) is 9.75. The third kappa shape index (κ3) is 14.5. The zero-order valence-electron chi connectivity index (χ0n) is 21.0. The van der Waals surface area contributed by atoms with Gasteiger partial charge in [-0.25, -0.2) is 0 Å². The van der Waals surface area contributed by atoms with Gasteiger partial charge >= 0.3 is 57.0 Å². The van der Waals surface area contributed by atoms with Crippen LogP contribution < -0.4 is 0 Å². The Labute approximate surface area is 191 Å². The second kappa shape index (κ2) is 17.2. The van der Waals surface area contributed by atoms with Crippen molar-refractivity contribution in [3.05, 3.63) is 18.2 Å². The summed E-state index contributed by atoms with van der Waals surface area (Å²) >= 11 is 1.55. The maximum absolute atomic E-state index is 4.19. The second-order valence-corrected chi connectivity index (χ2v) is 10.2. The molecule has 2 aliphatic carbocycles. The van der Waals surface area contributed by atoms with Crippen molar-refractivity contribution in [2.24, 2.45) is 38.8 Å². The summed E-state index contributed by atoms with van der Waals surface area (Å²) in [7, 11) is 3.50. The SMILES string of the molecule is CC1CC[CH-]CC1.CC1[CH-]C(C)C(C)C(C)C1C.CCC(C)(C)[N]=[Nb].C[N-]C. The van der Waals surface area contributed by atoms with Crippen molar-refractivity contribution in [1.82, 2.24) is 0 Å². The molecular weight excluding hydrogens is 421 g/mol. The molecule has 0 N–H and O–H groups in total. The Balaban J connectivity index is 0. The van der Waals surface area contributed by atoms with E-state index in [-0.39, 0.29) is 5.54 Å². The summed E-state index contributed by atoms with van der Waals surface area (Å²) in [6.07, 6.45) is 11.7. The van der Waals surface area contributed by atoms with Crippen LogP contribution in [0.1, 0.15) is 94.4 Å². The van der Waals surface area contributed by atoms with Gasteiger partial charge in [-0.1, -0.05) is 66.2 Å². The molecule has 0 aliphatic heterocycles. The Morgan fingerprint density at radius 3 is 1.50 bits per heavy atom. The fourth-order valence-corrected chi connectivity index (χ4v) is 3.78. The smallest absolute Gasteiger partial charge is 0.162 e. The van der Waals surface area contributed by atoms with Gasteiger partial charge in [0.1, 0.15) is 0 Å². The summed E-state index contributed by atoms with van der Waals surface area (Å²) in [5.74, 6) is 5.28. The first-order valence-corrected chi connectivity index (χ1v) is 12.5. The molecule has 2 saturated carbocycles. The third-order valence-electron chi connectivity index (χ3n) is 6.79. The van der Waals surface area contributed by atoms with E-state index in [1.165, 1.54) is 25.7 Å². The Bertz CT molecular complexity index is 350. The van der Waals surface area contributed by atoms with E-state index in [1.54, 1.807) is 35.0 Å². The van der Waals surface area contributed by atoms with Crippen LogP contribution in [0, 0.1) is 48.3 Å². The topological polar surface area (TPSA) is 26.5 Å². The zero-order chi connectivity index (χ0) is 22.3. The summed E-state index contributed by atoms with van der Waals surface area (Å²) in [4.78, 5) is 0. The molecule has 28 heavy (non-hydrogen) atoms. The summed E-state index contributed by atoms with van der Waals surface area (Å²) in [5.41, 5.74) is 0.231. The first kappa shape index (κ1) is 30.7. The van der Waals surface area contributed by atoms with Gasteiger partial charge < -0.3 is 18.2 Å². The van der Waals surface area contributed by atoms with Crippen molar-refractivity contribution in [3.8, 4) is 0 Å². The van der Waals surface area contributed by atoms with Gasteiger partial charge in [-0.15, -0.1) is 0 Å². The van der Waals surface area contributed by atoms with Crippen molar-refractivity contribution < 1.29 is 20.9 Å². The average Bonchev–Trinajstić information content (AvgIpc) is 2.67. The van der Waals surface area contributed by atoms with Gasteiger partial charge in [0.05, 0.1) is 0 Å². The van der Waals surface area contributed by atoms with Gasteiger partial charge in [-0.3, -0.25) is 0 Å². The molecule has 0 aromatic rings. The van der Waals surface area contributed by atoms with E-state index in [2.05, 4.69) is 83.8 Å². The molecule has 0 radical (unpaired) electrons. The van der Waals surface area contributed by atoms with Crippen LogP contribution in [0.4, 0.5) is 0 Å². The fourth-order valence-electron chi connectivity index (χ4n) is 3.43. The van der Waals surface area contributed by atoms with Crippen LogP contribution in [-0.2, 0) is 20.9 Å². The molecule has 0 heterocycles. The van der Waals surface area contributed by atoms with Gasteiger partial charge in [0.15, 0.2) is 0 Å². The summed E-state index contributed by atoms with van der Waals surface area (Å²) in [6.45, 7) is 20.6. The van der Waals surface area contributed by atoms with Crippen LogP contribution in [0.5, 0.6) is 0 Å². The molecule has 0 aromatic carbocycles. The van der Waals surface area contributed by atoms with E-state index in [1.807, 2.05) is 0 Å². The first-order chi connectivity index (χ1) is 13.0. The maximum atomic E-state index is 4.19. The molecule has 2 fully saturated rings. The molecule has 0 bridgehead atoms. The molecule has 0 saturated heterocycles. The van der Waals surface area contributed by atoms with Crippen LogP contribution in [0.2, 0.25) is 0 Å². The van der Waals surface area contributed by atoms with Gasteiger partial charge in [-0.05, 0) is 11.8 Å². The average molecular weight is 473 g/mol. The van der Waals surface area contributed by atoms with Gasteiger partial charge in [0.2, 0.25) is 0 Å². The summed E-state index contributed by atoms with van der Waals surface area (Å²) in [6, 6.07) is 0. The zero-order valence-corrected chi connectivity index (χ0v) is 23.2. The molecule has 0 spiro atoms. The molecule has 3 heteroatoms. The molecule has 2 rings (SSSR count). The standard InChI is InChI=1S/C11H21.C7H13.C5H11N.C2H6N.Nb/c1-7-6-8(2)10(4)11(5)9(7)3;1-7-5-3-2-4-6-7;1-4-5(2,3)6;1-3-2;/h6-11H,1-5H3;2,7H,3-6H2,1H3;4H2,1-3H3;1-2H3;/q2*-1;;-1;. The van der Waals surface area contributed by atoms with E-state index >= 15 is 0 Å². The predicted octanol–water partition coefficient (Wildman–Crippen LogP) is 8.31. The number of rotatable bonds is 2. The fraction of sp³-hybridized carbons (Fsp3) is 0.920. The molecule has 2 aliphatic rings. The number of hydrogen-bond acceptors (Lipinski definition) is 1. The first-order valence-electron chi connectivity index (χ1n) is 11.5. The van der Waals surface area contributed by atoms with Crippen LogP contribution >= 0.6 is 0 Å². The minimum Gasteiger partial charge on any atom is -0.668 e. The van der Waals surface area contributed by atoms with Crippen LogP contribution in [0.15, 0.2) is 3.34 Å². The predicted molar refractivity (Wildman–Crippen MR) is 124 cm³/mol. The van der Waals surface area contributed by atoms with Gasteiger partial charge in [0, 0.05) is 0 Å². The Hall–Kier alpha value is 0.500. The van der Waals surface area contributed by atoms with E-state index in [4.69, 9.17) is 0 Å². The van der Waals surface area contributed by atoms with Crippen LogP contribution in [0.25, 0.3) is 5.32 Å². The van der Waals surface area contributed by atoms with Crippen LogP contribution in [0.3, 0.4) is 0 Å².